The van der Waals surface area contributed by atoms with Gasteiger partial charge in [-0.3, -0.25) is 0 Å². The van der Waals surface area contributed by atoms with Crippen LogP contribution in [0.5, 0.6) is 0 Å². The van der Waals surface area contributed by atoms with Crippen LogP contribution in [-0.4, -0.2) is 21.0 Å². The summed E-state index contributed by atoms with van der Waals surface area (Å²) in [7, 11) is 0. The summed E-state index contributed by atoms with van der Waals surface area (Å²) in [6, 6.07) is 10.6. The molecule has 1 aliphatic carbocycles. The molecule has 3 rings (SSSR count). The van der Waals surface area contributed by atoms with Gasteiger partial charge in [0.05, 0.1) is 17.6 Å². The summed E-state index contributed by atoms with van der Waals surface area (Å²) in [6.07, 6.45) is 8.78. The second-order valence-electron chi connectivity index (χ2n) is 6.03. The Balaban J connectivity index is 1.55. The summed E-state index contributed by atoms with van der Waals surface area (Å²) in [4.78, 5) is 1.70. The third-order valence-corrected chi connectivity index (χ3v) is 4.49. The largest absolute Gasteiger partial charge is 0.308 e. The molecule has 1 N–H and O–H groups in total. The molecule has 0 aliphatic heterocycles. The molecule has 0 bridgehead atoms. The monoisotopic (exact) mass is 284 g/mol. The van der Waals surface area contributed by atoms with Crippen LogP contribution in [0, 0.1) is 5.92 Å². The number of rotatable bonds is 5. The molecule has 1 aliphatic rings. The number of hydrogen-bond acceptors (Lipinski definition) is 3. The van der Waals surface area contributed by atoms with Crippen LogP contribution >= 0.6 is 0 Å². The third-order valence-electron chi connectivity index (χ3n) is 4.49. The number of aromatic nitrogens is 3. The average Bonchev–Trinajstić information content (AvgIpc) is 3.03. The smallest absolute Gasteiger partial charge is 0.0969 e. The second-order valence-corrected chi connectivity index (χ2v) is 6.03. The summed E-state index contributed by atoms with van der Waals surface area (Å²) in [6.45, 7) is 3.10. The van der Waals surface area contributed by atoms with E-state index in [0.717, 1.165) is 23.8 Å². The highest BCUT2D eigenvalue weighted by Crippen LogP contribution is 2.26. The molecular weight excluding hydrogens is 260 g/mol. The van der Waals surface area contributed by atoms with Crippen molar-refractivity contribution in [3.8, 4) is 5.69 Å². The molecule has 0 saturated heterocycles. The van der Waals surface area contributed by atoms with E-state index in [-0.39, 0.29) is 0 Å². The summed E-state index contributed by atoms with van der Waals surface area (Å²) >= 11 is 0. The molecule has 1 atom stereocenters. The maximum atomic E-state index is 4.54. The predicted molar refractivity (Wildman–Crippen MR) is 84.2 cm³/mol. The van der Waals surface area contributed by atoms with Crippen molar-refractivity contribution in [2.24, 2.45) is 5.92 Å². The molecule has 2 aromatic rings. The van der Waals surface area contributed by atoms with Crippen molar-refractivity contribution in [3.63, 3.8) is 0 Å². The standard InChI is InChI=1S/C17H24N4/c1-14(15-8-4-2-5-9-15)18-12-16-13-19-21(20-16)17-10-6-3-7-11-17/h3,6-7,10-11,13-15,18H,2,4-5,8-9,12H2,1H3/t14-/m1/s1. The highest BCUT2D eigenvalue weighted by molar-refractivity contribution is 5.28. The van der Waals surface area contributed by atoms with Gasteiger partial charge in [-0.15, -0.1) is 0 Å². The Morgan fingerprint density at radius 3 is 2.71 bits per heavy atom. The highest BCUT2D eigenvalue weighted by Gasteiger charge is 2.19. The number of nitrogens with zero attached hydrogens (tertiary/aromatic N) is 3. The van der Waals surface area contributed by atoms with Crippen LogP contribution < -0.4 is 5.32 Å². The maximum absolute atomic E-state index is 4.54. The number of nitrogens with one attached hydrogen (secondary N) is 1. The van der Waals surface area contributed by atoms with Crippen molar-refractivity contribution < 1.29 is 0 Å². The van der Waals surface area contributed by atoms with E-state index >= 15 is 0 Å². The Morgan fingerprint density at radius 1 is 1.19 bits per heavy atom. The van der Waals surface area contributed by atoms with Gasteiger partial charge in [-0.25, -0.2) is 0 Å². The van der Waals surface area contributed by atoms with Gasteiger partial charge in [0.2, 0.25) is 0 Å². The van der Waals surface area contributed by atoms with Crippen molar-refractivity contribution >= 4 is 0 Å². The molecule has 0 unspecified atom stereocenters. The number of hydrogen-bond donors (Lipinski definition) is 1. The van der Waals surface area contributed by atoms with E-state index in [2.05, 4.69) is 22.4 Å². The minimum absolute atomic E-state index is 0.562. The molecule has 4 heteroatoms. The Kier molecular flexibility index (Phi) is 4.65. The van der Waals surface area contributed by atoms with Gasteiger partial charge in [0, 0.05) is 12.6 Å². The molecule has 1 heterocycles. The second kappa shape index (κ2) is 6.85. The molecule has 1 saturated carbocycles. The van der Waals surface area contributed by atoms with Crippen molar-refractivity contribution in [2.45, 2.75) is 51.6 Å². The first-order valence-electron chi connectivity index (χ1n) is 8.03. The quantitative estimate of drug-likeness (QED) is 0.916. The predicted octanol–water partition coefficient (Wildman–Crippen LogP) is 3.33. The lowest BCUT2D eigenvalue weighted by molar-refractivity contribution is 0.280. The van der Waals surface area contributed by atoms with Crippen LogP contribution in [0.4, 0.5) is 0 Å². The fourth-order valence-electron chi connectivity index (χ4n) is 3.13. The van der Waals surface area contributed by atoms with Crippen LogP contribution in [0.3, 0.4) is 0 Å². The third kappa shape index (κ3) is 3.70. The molecule has 0 radical (unpaired) electrons. The van der Waals surface area contributed by atoms with Gasteiger partial charge in [-0.2, -0.15) is 15.0 Å². The zero-order chi connectivity index (χ0) is 14.5. The summed E-state index contributed by atoms with van der Waals surface area (Å²) in [5.41, 5.74) is 2.01. The SMILES string of the molecule is C[C@@H](NCc1cnn(-c2ccccc2)n1)C1CCCCC1. The zero-order valence-corrected chi connectivity index (χ0v) is 12.7. The minimum atomic E-state index is 0.562. The first kappa shape index (κ1) is 14.3. The zero-order valence-electron chi connectivity index (χ0n) is 12.7. The minimum Gasteiger partial charge on any atom is -0.308 e. The molecular formula is C17H24N4. The summed E-state index contributed by atoms with van der Waals surface area (Å²) in [5, 5.41) is 12.5. The Labute approximate surface area is 126 Å². The van der Waals surface area contributed by atoms with Gasteiger partial charge < -0.3 is 5.32 Å². The van der Waals surface area contributed by atoms with E-state index < -0.39 is 0 Å². The molecule has 1 aromatic carbocycles. The molecule has 1 aromatic heterocycles. The van der Waals surface area contributed by atoms with Crippen molar-refractivity contribution in [1.29, 1.82) is 0 Å². The van der Waals surface area contributed by atoms with Crippen LogP contribution in [0.25, 0.3) is 5.69 Å². The van der Waals surface area contributed by atoms with Gasteiger partial charge in [-0.1, -0.05) is 37.5 Å². The van der Waals surface area contributed by atoms with Crippen LogP contribution in [0.1, 0.15) is 44.7 Å². The lowest BCUT2D eigenvalue weighted by Crippen LogP contribution is -2.34. The summed E-state index contributed by atoms with van der Waals surface area (Å²) < 4.78 is 0. The molecule has 4 nitrogen and oxygen atoms in total. The molecule has 0 amide bonds. The van der Waals surface area contributed by atoms with Crippen molar-refractivity contribution in [1.82, 2.24) is 20.3 Å². The van der Waals surface area contributed by atoms with Gasteiger partial charge in [0.1, 0.15) is 0 Å². The molecule has 21 heavy (non-hydrogen) atoms. The van der Waals surface area contributed by atoms with E-state index in [4.69, 9.17) is 0 Å². The van der Waals surface area contributed by atoms with Gasteiger partial charge in [-0.05, 0) is 37.8 Å². The lowest BCUT2D eigenvalue weighted by Gasteiger charge is -2.28. The average molecular weight is 284 g/mol. The first-order valence-corrected chi connectivity index (χ1v) is 8.03. The number of para-hydroxylation sites is 1. The van der Waals surface area contributed by atoms with Crippen molar-refractivity contribution in [2.75, 3.05) is 0 Å². The van der Waals surface area contributed by atoms with E-state index in [1.807, 2.05) is 36.5 Å². The Hall–Kier alpha value is -1.68. The normalized spacial score (nSPS) is 17.8. The molecule has 112 valence electrons. The van der Waals surface area contributed by atoms with E-state index in [1.54, 1.807) is 4.80 Å². The fourth-order valence-corrected chi connectivity index (χ4v) is 3.13. The molecule has 0 spiro atoms. The van der Waals surface area contributed by atoms with E-state index in [0.29, 0.717) is 6.04 Å². The van der Waals surface area contributed by atoms with Crippen LogP contribution in [0.15, 0.2) is 36.5 Å². The maximum Gasteiger partial charge on any atom is 0.0969 e. The molecule has 1 fully saturated rings. The topological polar surface area (TPSA) is 42.7 Å². The highest BCUT2D eigenvalue weighted by atomic mass is 15.5. The van der Waals surface area contributed by atoms with Crippen LogP contribution in [-0.2, 0) is 6.54 Å². The Bertz CT molecular complexity index is 543. The van der Waals surface area contributed by atoms with Gasteiger partial charge in [0.15, 0.2) is 0 Å². The first-order chi connectivity index (χ1) is 10.3. The Morgan fingerprint density at radius 2 is 1.95 bits per heavy atom. The van der Waals surface area contributed by atoms with Gasteiger partial charge in [0.25, 0.3) is 0 Å². The van der Waals surface area contributed by atoms with Crippen LogP contribution in [0.2, 0.25) is 0 Å². The lowest BCUT2D eigenvalue weighted by atomic mass is 9.84. The van der Waals surface area contributed by atoms with Crippen molar-refractivity contribution in [3.05, 3.63) is 42.2 Å². The van der Waals surface area contributed by atoms with Gasteiger partial charge >= 0.3 is 0 Å². The number of benzene rings is 1. The van der Waals surface area contributed by atoms with E-state index in [1.165, 1.54) is 32.1 Å². The summed E-state index contributed by atoms with van der Waals surface area (Å²) in [5.74, 6) is 0.822. The fraction of sp³-hybridized carbons (Fsp3) is 0.529. The van der Waals surface area contributed by atoms with E-state index in [9.17, 15) is 0 Å².